The van der Waals surface area contributed by atoms with Crippen LogP contribution in [0.3, 0.4) is 0 Å². The van der Waals surface area contributed by atoms with E-state index in [4.69, 9.17) is 5.11 Å². The fourth-order valence-corrected chi connectivity index (χ4v) is 2.01. The Bertz CT molecular complexity index is 424. The molecule has 0 aliphatic heterocycles. The molecule has 0 saturated carbocycles. The number of rotatable bonds is 6. The molecule has 0 saturated heterocycles. The summed E-state index contributed by atoms with van der Waals surface area (Å²) in [5.41, 5.74) is 3.38. The maximum absolute atomic E-state index is 10.7. The molecule has 0 spiro atoms. The van der Waals surface area contributed by atoms with E-state index in [9.17, 15) is 4.79 Å². The van der Waals surface area contributed by atoms with Crippen LogP contribution in [0, 0.1) is 13.8 Å². The first-order valence-corrected chi connectivity index (χ1v) is 6.27. The first-order chi connectivity index (χ1) is 8.32. The van der Waals surface area contributed by atoms with Crippen LogP contribution in [0.2, 0.25) is 0 Å². The van der Waals surface area contributed by atoms with Crippen molar-refractivity contribution in [2.75, 3.05) is 6.54 Å². The van der Waals surface area contributed by atoms with E-state index < -0.39 is 5.97 Å². The average molecular weight is 253 g/mol. The van der Waals surface area contributed by atoms with Crippen LogP contribution in [0.15, 0.2) is 0 Å². The molecule has 1 heterocycles. The van der Waals surface area contributed by atoms with Gasteiger partial charge in [-0.15, -0.1) is 0 Å². The molecule has 0 aliphatic rings. The number of hydrogen-bond acceptors (Lipinski definition) is 3. The third-order valence-electron chi connectivity index (χ3n) is 3.36. The number of carboxylic acids is 1. The van der Waals surface area contributed by atoms with Crippen molar-refractivity contribution in [1.29, 1.82) is 0 Å². The Labute approximate surface area is 108 Å². The van der Waals surface area contributed by atoms with Gasteiger partial charge in [-0.1, -0.05) is 0 Å². The van der Waals surface area contributed by atoms with Crippen LogP contribution < -0.4 is 0 Å². The predicted molar refractivity (Wildman–Crippen MR) is 70.5 cm³/mol. The molecule has 5 heteroatoms. The van der Waals surface area contributed by atoms with Gasteiger partial charge in [0.05, 0.1) is 12.1 Å². The highest BCUT2D eigenvalue weighted by Crippen LogP contribution is 2.16. The molecule has 0 aliphatic carbocycles. The lowest BCUT2D eigenvalue weighted by molar-refractivity contribution is -0.137. The van der Waals surface area contributed by atoms with E-state index in [2.05, 4.69) is 23.8 Å². The van der Waals surface area contributed by atoms with Crippen molar-refractivity contribution in [2.24, 2.45) is 7.05 Å². The van der Waals surface area contributed by atoms with E-state index in [1.54, 1.807) is 0 Å². The second-order valence-corrected chi connectivity index (χ2v) is 4.98. The Hall–Kier alpha value is -1.36. The van der Waals surface area contributed by atoms with Gasteiger partial charge in [0.1, 0.15) is 0 Å². The van der Waals surface area contributed by atoms with E-state index in [1.165, 1.54) is 5.56 Å². The summed E-state index contributed by atoms with van der Waals surface area (Å²) in [6.45, 7) is 9.55. The van der Waals surface area contributed by atoms with Gasteiger partial charge in [0.25, 0.3) is 0 Å². The molecule has 102 valence electrons. The van der Waals surface area contributed by atoms with Gasteiger partial charge in [0, 0.05) is 37.4 Å². The summed E-state index contributed by atoms with van der Waals surface area (Å²) >= 11 is 0. The largest absolute Gasteiger partial charge is 0.481 e. The van der Waals surface area contributed by atoms with Crippen LogP contribution in [0.1, 0.15) is 37.2 Å². The minimum atomic E-state index is -0.750. The molecule has 5 nitrogen and oxygen atoms in total. The van der Waals surface area contributed by atoms with Gasteiger partial charge >= 0.3 is 5.97 Å². The standard InChI is InChI=1S/C13H23N3O2/c1-9(2)16(7-6-13(17)18)8-12-10(3)14-15(5)11(12)4/h9H,6-8H2,1-5H3,(H,17,18). The molecular formula is C13H23N3O2. The van der Waals surface area contributed by atoms with Crippen molar-refractivity contribution in [3.05, 3.63) is 17.0 Å². The normalized spacial score (nSPS) is 11.5. The van der Waals surface area contributed by atoms with Crippen molar-refractivity contribution in [3.8, 4) is 0 Å². The van der Waals surface area contributed by atoms with Crippen molar-refractivity contribution < 1.29 is 9.90 Å². The fourth-order valence-electron chi connectivity index (χ4n) is 2.01. The summed E-state index contributed by atoms with van der Waals surface area (Å²) in [5, 5.41) is 13.2. The molecule has 0 bridgehead atoms. The Morgan fingerprint density at radius 1 is 1.44 bits per heavy atom. The lowest BCUT2D eigenvalue weighted by Gasteiger charge is -2.26. The summed E-state index contributed by atoms with van der Waals surface area (Å²) in [4.78, 5) is 12.8. The molecule has 0 atom stereocenters. The van der Waals surface area contributed by atoms with Crippen LogP contribution in [-0.2, 0) is 18.4 Å². The molecule has 1 aromatic heterocycles. The number of aliphatic carboxylic acids is 1. The second kappa shape index (κ2) is 6.00. The maximum Gasteiger partial charge on any atom is 0.304 e. The zero-order chi connectivity index (χ0) is 13.9. The molecule has 18 heavy (non-hydrogen) atoms. The Kier molecular flexibility index (Phi) is 4.90. The maximum atomic E-state index is 10.7. The summed E-state index contributed by atoms with van der Waals surface area (Å²) < 4.78 is 1.88. The van der Waals surface area contributed by atoms with E-state index >= 15 is 0 Å². The van der Waals surface area contributed by atoms with Crippen molar-refractivity contribution in [2.45, 2.75) is 46.7 Å². The molecule has 1 N–H and O–H groups in total. The topological polar surface area (TPSA) is 58.4 Å². The second-order valence-electron chi connectivity index (χ2n) is 4.98. The van der Waals surface area contributed by atoms with Crippen LogP contribution >= 0.6 is 0 Å². The van der Waals surface area contributed by atoms with Crippen molar-refractivity contribution in [1.82, 2.24) is 14.7 Å². The number of hydrogen-bond donors (Lipinski definition) is 1. The lowest BCUT2D eigenvalue weighted by atomic mass is 10.1. The van der Waals surface area contributed by atoms with Crippen LogP contribution in [0.25, 0.3) is 0 Å². The molecule has 1 rings (SSSR count). The highest BCUT2D eigenvalue weighted by atomic mass is 16.4. The van der Waals surface area contributed by atoms with E-state index in [1.807, 2.05) is 25.6 Å². The van der Waals surface area contributed by atoms with E-state index in [0.717, 1.165) is 17.9 Å². The minimum absolute atomic E-state index is 0.177. The van der Waals surface area contributed by atoms with Crippen LogP contribution in [-0.4, -0.2) is 38.3 Å². The molecule has 0 unspecified atom stereocenters. The predicted octanol–water partition coefficient (Wildman–Crippen LogP) is 1.72. The first kappa shape index (κ1) is 14.7. The third kappa shape index (κ3) is 3.57. The van der Waals surface area contributed by atoms with Gasteiger partial charge in [0.2, 0.25) is 0 Å². The summed E-state index contributed by atoms with van der Waals surface area (Å²) in [6, 6.07) is 0.323. The molecule has 1 aromatic rings. The Balaban J connectivity index is 2.80. The molecule has 0 aromatic carbocycles. The lowest BCUT2D eigenvalue weighted by Crippen LogP contribution is -2.32. The number of aromatic nitrogens is 2. The monoisotopic (exact) mass is 253 g/mol. The summed E-state index contributed by atoms with van der Waals surface area (Å²) in [7, 11) is 1.93. The molecule has 0 radical (unpaired) electrons. The quantitative estimate of drug-likeness (QED) is 0.838. The van der Waals surface area contributed by atoms with E-state index in [0.29, 0.717) is 12.6 Å². The highest BCUT2D eigenvalue weighted by molar-refractivity contribution is 5.66. The van der Waals surface area contributed by atoms with Crippen LogP contribution in [0.5, 0.6) is 0 Å². The fraction of sp³-hybridized carbons (Fsp3) is 0.692. The Morgan fingerprint density at radius 2 is 2.06 bits per heavy atom. The van der Waals surface area contributed by atoms with Gasteiger partial charge < -0.3 is 5.11 Å². The summed E-state index contributed by atoms with van der Waals surface area (Å²) in [5.74, 6) is -0.750. The number of carbonyl (C=O) groups is 1. The SMILES string of the molecule is Cc1nn(C)c(C)c1CN(CCC(=O)O)C(C)C. The van der Waals surface area contributed by atoms with Crippen molar-refractivity contribution >= 4 is 5.97 Å². The van der Waals surface area contributed by atoms with Gasteiger partial charge in [0.15, 0.2) is 0 Å². The molecule has 0 amide bonds. The third-order valence-corrected chi connectivity index (χ3v) is 3.36. The van der Waals surface area contributed by atoms with E-state index in [-0.39, 0.29) is 6.42 Å². The zero-order valence-corrected chi connectivity index (χ0v) is 11.9. The zero-order valence-electron chi connectivity index (χ0n) is 11.9. The number of nitrogens with zero attached hydrogens (tertiary/aromatic N) is 3. The van der Waals surface area contributed by atoms with Crippen molar-refractivity contribution in [3.63, 3.8) is 0 Å². The molecule has 0 fully saturated rings. The first-order valence-electron chi connectivity index (χ1n) is 6.27. The Morgan fingerprint density at radius 3 is 2.44 bits per heavy atom. The molecular weight excluding hydrogens is 230 g/mol. The average Bonchev–Trinajstić information content (AvgIpc) is 2.49. The van der Waals surface area contributed by atoms with Gasteiger partial charge in [-0.2, -0.15) is 5.10 Å². The van der Waals surface area contributed by atoms with Gasteiger partial charge in [-0.3, -0.25) is 14.4 Å². The summed E-state index contributed by atoms with van der Waals surface area (Å²) in [6.07, 6.45) is 0.177. The van der Waals surface area contributed by atoms with Gasteiger partial charge in [-0.05, 0) is 27.7 Å². The smallest absolute Gasteiger partial charge is 0.304 e. The highest BCUT2D eigenvalue weighted by Gasteiger charge is 2.16. The van der Waals surface area contributed by atoms with Crippen LogP contribution in [0.4, 0.5) is 0 Å². The minimum Gasteiger partial charge on any atom is -0.481 e. The number of aryl methyl sites for hydroxylation is 2. The van der Waals surface area contributed by atoms with Gasteiger partial charge in [-0.25, -0.2) is 0 Å². The number of carboxylic acid groups (broad SMARTS) is 1.